The molecule has 0 spiro atoms. The number of nitrogens with zero attached hydrogens (tertiary/aromatic N) is 1. The van der Waals surface area contributed by atoms with E-state index in [1.165, 1.54) is 12.8 Å². The smallest absolute Gasteiger partial charge is 0.108 e. The summed E-state index contributed by atoms with van der Waals surface area (Å²) in [6.45, 7) is 2.04. The molecule has 3 rings (SSSR count). The van der Waals surface area contributed by atoms with Crippen molar-refractivity contribution in [3.8, 4) is 0 Å². The number of piperidine rings is 1. The normalized spacial score (nSPS) is 32.5. The predicted molar refractivity (Wildman–Crippen MR) is 74.2 cm³/mol. The van der Waals surface area contributed by atoms with E-state index in [2.05, 4.69) is 4.90 Å². The van der Waals surface area contributed by atoms with Gasteiger partial charge in [-0.2, -0.15) is 0 Å². The maximum absolute atomic E-state index is 11.1. The van der Waals surface area contributed by atoms with E-state index in [0.29, 0.717) is 10.0 Å². The molecule has 0 aromatic heterocycles. The summed E-state index contributed by atoms with van der Waals surface area (Å²) in [5.41, 5.74) is -0.0337. The third-order valence-electron chi connectivity index (χ3n) is 4.34. The van der Waals surface area contributed by atoms with Gasteiger partial charge in [-0.1, -0.05) is 29.6 Å². The Balaban J connectivity index is 2.01. The molecule has 18 heavy (non-hydrogen) atoms. The number of rotatable bonds is 1. The summed E-state index contributed by atoms with van der Waals surface area (Å²) >= 11 is 12.3. The fraction of sp³-hybridized carbons (Fsp3) is 0.571. The second-order valence-corrected chi connectivity index (χ2v) is 6.19. The fourth-order valence-electron chi connectivity index (χ4n) is 3.42. The molecule has 4 heteroatoms. The minimum Gasteiger partial charge on any atom is -0.383 e. The molecule has 2 heterocycles. The Labute approximate surface area is 117 Å². The van der Waals surface area contributed by atoms with Crippen molar-refractivity contribution in [3.05, 3.63) is 33.8 Å². The summed E-state index contributed by atoms with van der Waals surface area (Å²) in [5, 5.41) is 12.3. The molecule has 2 atom stereocenters. The second-order valence-electron chi connectivity index (χ2n) is 5.35. The Hall–Kier alpha value is -0.280. The Morgan fingerprint density at radius 3 is 2.89 bits per heavy atom. The van der Waals surface area contributed by atoms with Gasteiger partial charge in [-0.15, -0.1) is 0 Å². The molecule has 0 saturated carbocycles. The summed E-state index contributed by atoms with van der Waals surface area (Å²) in [7, 11) is 0. The van der Waals surface area contributed by atoms with E-state index in [4.69, 9.17) is 23.2 Å². The zero-order chi connectivity index (χ0) is 12.8. The Morgan fingerprint density at radius 2 is 2.06 bits per heavy atom. The molecule has 1 N–H and O–H groups in total. The number of hydrogen-bond acceptors (Lipinski definition) is 2. The monoisotopic (exact) mass is 285 g/mol. The third kappa shape index (κ3) is 1.96. The molecular weight excluding hydrogens is 269 g/mol. The van der Waals surface area contributed by atoms with Gasteiger partial charge in [0, 0.05) is 28.2 Å². The first-order valence-electron chi connectivity index (χ1n) is 6.53. The number of fused-ring (bicyclic) bond motifs is 1. The zero-order valence-electron chi connectivity index (χ0n) is 10.2. The summed E-state index contributed by atoms with van der Waals surface area (Å²) < 4.78 is 0. The van der Waals surface area contributed by atoms with Crippen LogP contribution in [0.1, 0.15) is 31.2 Å². The van der Waals surface area contributed by atoms with Gasteiger partial charge in [0.15, 0.2) is 0 Å². The maximum Gasteiger partial charge on any atom is 0.108 e. The molecule has 0 aliphatic carbocycles. The minimum atomic E-state index is -0.831. The van der Waals surface area contributed by atoms with Gasteiger partial charge in [-0.05, 0) is 44.0 Å². The molecule has 1 aromatic rings. The van der Waals surface area contributed by atoms with Crippen molar-refractivity contribution in [2.24, 2.45) is 0 Å². The Morgan fingerprint density at radius 1 is 1.22 bits per heavy atom. The molecule has 2 saturated heterocycles. The molecule has 0 radical (unpaired) electrons. The van der Waals surface area contributed by atoms with Crippen molar-refractivity contribution >= 4 is 23.2 Å². The Kier molecular flexibility index (Phi) is 3.31. The van der Waals surface area contributed by atoms with Crippen LogP contribution in [0.3, 0.4) is 0 Å². The molecule has 2 fully saturated rings. The highest BCUT2D eigenvalue weighted by Crippen LogP contribution is 2.44. The zero-order valence-corrected chi connectivity index (χ0v) is 11.7. The van der Waals surface area contributed by atoms with Gasteiger partial charge >= 0.3 is 0 Å². The number of benzene rings is 1. The molecule has 0 bridgehead atoms. The van der Waals surface area contributed by atoms with Crippen LogP contribution >= 0.6 is 23.2 Å². The lowest BCUT2D eigenvalue weighted by Gasteiger charge is -2.38. The van der Waals surface area contributed by atoms with Crippen LogP contribution < -0.4 is 0 Å². The van der Waals surface area contributed by atoms with Crippen LogP contribution in [0.15, 0.2) is 18.2 Å². The van der Waals surface area contributed by atoms with Gasteiger partial charge < -0.3 is 5.11 Å². The van der Waals surface area contributed by atoms with Crippen LogP contribution in [0.2, 0.25) is 10.0 Å². The van der Waals surface area contributed by atoms with Crippen LogP contribution in [-0.2, 0) is 5.60 Å². The van der Waals surface area contributed by atoms with Crippen LogP contribution in [-0.4, -0.2) is 29.1 Å². The van der Waals surface area contributed by atoms with Crippen LogP contribution in [0.5, 0.6) is 0 Å². The summed E-state index contributed by atoms with van der Waals surface area (Å²) in [4.78, 5) is 2.39. The average Bonchev–Trinajstić information content (AvgIpc) is 2.72. The molecule has 0 amide bonds. The SMILES string of the molecule is OC1(c2cc(Cl)ccc2Cl)CCN2CCCCC21. The lowest BCUT2D eigenvalue weighted by Crippen LogP contribution is -2.45. The molecule has 2 nitrogen and oxygen atoms in total. The van der Waals surface area contributed by atoms with Gasteiger partial charge in [0.25, 0.3) is 0 Å². The Bertz CT molecular complexity index is 465. The minimum absolute atomic E-state index is 0.196. The van der Waals surface area contributed by atoms with E-state index in [-0.39, 0.29) is 6.04 Å². The van der Waals surface area contributed by atoms with Crippen molar-refractivity contribution < 1.29 is 5.11 Å². The van der Waals surface area contributed by atoms with Crippen molar-refractivity contribution in [1.82, 2.24) is 4.90 Å². The summed E-state index contributed by atoms with van der Waals surface area (Å²) in [6.07, 6.45) is 4.20. The summed E-state index contributed by atoms with van der Waals surface area (Å²) in [6, 6.07) is 5.57. The van der Waals surface area contributed by atoms with Gasteiger partial charge in [0.2, 0.25) is 0 Å². The van der Waals surface area contributed by atoms with Gasteiger partial charge in [0.1, 0.15) is 5.60 Å². The van der Waals surface area contributed by atoms with Gasteiger partial charge in [-0.3, -0.25) is 4.90 Å². The van der Waals surface area contributed by atoms with E-state index in [9.17, 15) is 5.11 Å². The average molecular weight is 286 g/mol. The second kappa shape index (κ2) is 4.68. The number of aliphatic hydroxyl groups is 1. The van der Waals surface area contributed by atoms with Crippen LogP contribution in [0, 0.1) is 0 Å². The lowest BCUT2D eigenvalue weighted by atomic mass is 9.83. The van der Waals surface area contributed by atoms with Crippen molar-refractivity contribution in [1.29, 1.82) is 0 Å². The first-order chi connectivity index (χ1) is 8.61. The van der Waals surface area contributed by atoms with Crippen molar-refractivity contribution in [3.63, 3.8) is 0 Å². The number of halogens is 2. The van der Waals surface area contributed by atoms with Gasteiger partial charge in [-0.25, -0.2) is 0 Å². The van der Waals surface area contributed by atoms with E-state index in [0.717, 1.165) is 31.5 Å². The highest BCUT2D eigenvalue weighted by atomic mass is 35.5. The van der Waals surface area contributed by atoms with Crippen molar-refractivity contribution in [2.45, 2.75) is 37.3 Å². The van der Waals surface area contributed by atoms with Crippen LogP contribution in [0.25, 0.3) is 0 Å². The fourth-order valence-corrected chi connectivity index (χ4v) is 3.88. The molecule has 2 aliphatic rings. The standard InChI is InChI=1S/C14H17Cl2NO/c15-10-4-5-12(16)11(9-10)14(18)6-8-17-7-2-1-3-13(14)17/h4-5,9,13,18H,1-3,6-8H2. The molecule has 1 aromatic carbocycles. The quantitative estimate of drug-likeness (QED) is 0.855. The van der Waals surface area contributed by atoms with E-state index < -0.39 is 5.60 Å². The predicted octanol–water partition coefficient (Wildman–Crippen LogP) is 3.44. The molecule has 98 valence electrons. The first-order valence-corrected chi connectivity index (χ1v) is 7.29. The maximum atomic E-state index is 11.1. The third-order valence-corrected chi connectivity index (χ3v) is 4.90. The molecule has 2 unspecified atom stereocenters. The highest BCUT2D eigenvalue weighted by molar-refractivity contribution is 6.33. The van der Waals surface area contributed by atoms with E-state index >= 15 is 0 Å². The van der Waals surface area contributed by atoms with Crippen LogP contribution in [0.4, 0.5) is 0 Å². The first kappa shape index (κ1) is 12.7. The van der Waals surface area contributed by atoms with E-state index in [1.807, 2.05) is 6.07 Å². The van der Waals surface area contributed by atoms with Gasteiger partial charge in [0.05, 0.1) is 0 Å². The van der Waals surface area contributed by atoms with Crippen molar-refractivity contribution in [2.75, 3.05) is 13.1 Å². The topological polar surface area (TPSA) is 23.5 Å². The highest BCUT2D eigenvalue weighted by Gasteiger charge is 2.48. The lowest BCUT2D eigenvalue weighted by molar-refractivity contribution is -0.0137. The molecule has 2 aliphatic heterocycles. The molecular formula is C14H17Cl2NO. The number of hydrogen-bond donors (Lipinski definition) is 1. The van der Waals surface area contributed by atoms with E-state index in [1.54, 1.807) is 12.1 Å². The largest absolute Gasteiger partial charge is 0.383 e. The summed E-state index contributed by atoms with van der Waals surface area (Å²) in [5.74, 6) is 0.